The first-order valence-electron chi connectivity index (χ1n) is 16.1. The SMILES string of the molecule is CCCCCCNCCNC(=O)c1ccc(CCNC(=O)OCC(CNC(=O)c2nc(Cl)c(N)nc2N)Cc2ccccc2C)cc1. The van der Waals surface area contributed by atoms with Crippen LogP contribution >= 0.6 is 11.6 Å². The van der Waals surface area contributed by atoms with Crippen LogP contribution in [0.5, 0.6) is 0 Å². The molecule has 8 N–H and O–H groups in total. The Labute approximate surface area is 281 Å². The summed E-state index contributed by atoms with van der Waals surface area (Å²) in [5.41, 5.74) is 15.0. The summed E-state index contributed by atoms with van der Waals surface area (Å²) in [7, 11) is 0. The number of halogens is 1. The molecule has 1 atom stereocenters. The molecule has 13 heteroatoms. The van der Waals surface area contributed by atoms with Crippen LogP contribution in [0.15, 0.2) is 48.5 Å². The average molecular weight is 667 g/mol. The summed E-state index contributed by atoms with van der Waals surface area (Å²) >= 11 is 5.92. The third-order valence-corrected chi connectivity index (χ3v) is 7.86. The number of anilines is 2. The molecule has 0 saturated carbocycles. The molecule has 12 nitrogen and oxygen atoms in total. The minimum atomic E-state index is -0.568. The van der Waals surface area contributed by atoms with Gasteiger partial charge < -0.3 is 37.5 Å². The summed E-state index contributed by atoms with van der Waals surface area (Å²) in [6.07, 6.45) is 5.40. The van der Waals surface area contributed by atoms with E-state index in [1.807, 2.05) is 43.3 Å². The van der Waals surface area contributed by atoms with Gasteiger partial charge >= 0.3 is 6.09 Å². The Morgan fingerprint density at radius 2 is 1.62 bits per heavy atom. The Morgan fingerprint density at radius 3 is 2.36 bits per heavy atom. The van der Waals surface area contributed by atoms with Crippen LogP contribution in [-0.2, 0) is 17.6 Å². The fourth-order valence-electron chi connectivity index (χ4n) is 4.81. The summed E-state index contributed by atoms with van der Waals surface area (Å²) in [6, 6.07) is 15.2. The Hall–Kier alpha value is -4.42. The van der Waals surface area contributed by atoms with Gasteiger partial charge in [0.05, 0.1) is 6.61 Å². The monoisotopic (exact) mass is 666 g/mol. The van der Waals surface area contributed by atoms with Crippen LogP contribution in [0.25, 0.3) is 0 Å². The largest absolute Gasteiger partial charge is 0.449 e. The molecule has 1 unspecified atom stereocenters. The number of aromatic nitrogens is 2. The van der Waals surface area contributed by atoms with Crippen molar-refractivity contribution in [2.24, 2.45) is 5.92 Å². The van der Waals surface area contributed by atoms with Crippen molar-refractivity contribution >= 4 is 41.1 Å². The zero-order chi connectivity index (χ0) is 34.0. The molecule has 0 spiro atoms. The molecule has 0 fully saturated rings. The van der Waals surface area contributed by atoms with Gasteiger partial charge in [-0.2, -0.15) is 0 Å². The smallest absolute Gasteiger partial charge is 0.407 e. The summed E-state index contributed by atoms with van der Waals surface area (Å²) in [5.74, 6) is -1.13. The molecule has 0 aliphatic rings. The molecule has 1 heterocycles. The van der Waals surface area contributed by atoms with E-state index < -0.39 is 12.0 Å². The number of alkyl carbamates (subject to hydrolysis) is 1. The second kappa shape index (κ2) is 20.0. The van der Waals surface area contributed by atoms with Crippen molar-refractivity contribution in [1.82, 2.24) is 31.2 Å². The molecule has 47 heavy (non-hydrogen) atoms. The van der Waals surface area contributed by atoms with Crippen LogP contribution in [0.4, 0.5) is 16.4 Å². The highest BCUT2D eigenvalue weighted by molar-refractivity contribution is 6.31. The highest BCUT2D eigenvalue weighted by Gasteiger charge is 2.20. The predicted octanol–water partition coefficient (Wildman–Crippen LogP) is 4.06. The van der Waals surface area contributed by atoms with E-state index in [9.17, 15) is 14.4 Å². The van der Waals surface area contributed by atoms with Crippen molar-refractivity contribution in [2.75, 3.05) is 50.8 Å². The number of carbonyl (C=O) groups is 3. The normalized spacial score (nSPS) is 11.5. The van der Waals surface area contributed by atoms with E-state index in [4.69, 9.17) is 27.8 Å². The van der Waals surface area contributed by atoms with Gasteiger partial charge in [0.1, 0.15) is 0 Å². The number of hydrogen-bond donors (Lipinski definition) is 6. The van der Waals surface area contributed by atoms with Crippen molar-refractivity contribution in [3.8, 4) is 0 Å². The molecule has 1 aromatic heterocycles. The van der Waals surface area contributed by atoms with Crippen LogP contribution < -0.4 is 32.7 Å². The fraction of sp³-hybridized carbons (Fsp3) is 0.441. The highest BCUT2D eigenvalue weighted by Crippen LogP contribution is 2.18. The van der Waals surface area contributed by atoms with Crippen LogP contribution in [0, 0.1) is 12.8 Å². The maximum Gasteiger partial charge on any atom is 0.407 e. The molecule has 0 bridgehead atoms. The van der Waals surface area contributed by atoms with Gasteiger partial charge in [-0.05, 0) is 61.6 Å². The number of rotatable bonds is 19. The number of aryl methyl sites for hydroxylation is 1. The number of carbonyl (C=O) groups excluding carboxylic acids is 3. The van der Waals surface area contributed by atoms with Crippen LogP contribution in [0.1, 0.15) is 70.1 Å². The molecule has 0 aliphatic heterocycles. The number of nitrogens with zero attached hydrogens (tertiary/aromatic N) is 2. The maximum atomic E-state index is 12.8. The number of ether oxygens (including phenoxy) is 1. The zero-order valence-electron chi connectivity index (χ0n) is 27.2. The molecule has 0 aliphatic carbocycles. The molecular formula is C34H47ClN8O4. The van der Waals surface area contributed by atoms with Gasteiger partial charge in [0, 0.05) is 37.7 Å². The lowest BCUT2D eigenvalue weighted by atomic mass is 9.96. The molecule has 0 radical (unpaired) electrons. The number of amides is 3. The van der Waals surface area contributed by atoms with Gasteiger partial charge in [-0.3, -0.25) is 9.59 Å². The zero-order valence-corrected chi connectivity index (χ0v) is 28.0. The molecule has 3 aromatic rings. The number of nitrogens with one attached hydrogen (secondary N) is 4. The van der Waals surface area contributed by atoms with Gasteiger partial charge in [-0.25, -0.2) is 14.8 Å². The Bertz CT molecular complexity index is 1450. The molecule has 3 rings (SSSR count). The Morgan fingerprint density at radius 1 is 0.851 bits per heavy atom. The number of unbranched alkanes of at least 4 members (excludes halogenated alkanes) is 3. The lowest BCUT2D eigenvalue weighted by Crippen LogP contribution is -2.35. The minimum absolute atomic E-state index is 0.0578. The third kappa shape index (κ3) is 13.1. The van der Waals surface area contributed by atoms with Crippen molar-refractivity contribution < 1.29 is 19.1 Å². The van der Waals surface area contributed by atoms with Crippen molar-refractivity contribution in [3.05, 3.63) is 81.6 Å². The number of hydrogen-bond acceptors (Lipinski definition) is 9. The topological polar surface area (TPSA) is 186 Å². The second-order valence-electron chi connectivity index (χ2n) is 11.4. The van der Waals surface area contributed by atoms with E-state index in [1.165, 1.54) is 19.3 Å². The summed E-state index contributed by atoms with van der Waals surface area (Å²) < 4.78 is 5.53. The van der Waals surface area contributed by atoms with Crippen molar-refractivity contribution in [2.45, 2.75) is 52.4 Å². The predicted molar refractivity (Wildman–Crippen MR) is 185 cm³/mol. The van der Waals surface area contributed by atoms with Gasteiger partial charge in [-0.15, -0.1) is 0 Å². The van der Waals surface area contributed by atoms with E-state index in [0.717, 1.165) is 36.2 Å². The van der Waals surface area contributed by atoms with E-state index in [-0.39, 0.29) is 47.5 Å². The summed E-state index contributed by atoms with van der Waals surface area (Å²) in [4.78, 5) is 45.6. The molecule has 0 saturated heterocycles. The fourth-order valence-corrected chi connectivity index (χ4v) is 4.94. The Balaban J connectivity index is 1.43. The van der Waals surface area contributed by atoms with E-state index in [0.29, 0.717) is 31.5 Å². The number of nitrogens with two attached hydrogens (primary N) is 2. The quantitative estimate of drug-likeness (QED) is 0.103. The van der Waals surface area contributed by atoms with E-state index >= 15 is 0 Å². The Kier molecular flexibility index (Phi) is 15.7. The lowest BCUT2D eigenvalue weighted by molar-refractivity contribution is 0.0924. The molecular weight excluding hydrogens is 620 g/mol. The minimum Gasteiger partial charge on any atom is -0.449 e. The van der Waals surface area contributed by atoms with Crippen LogP contribution in [-0.4, -0.2) is 67.2 Å². The highest BCUT2D eigenvalue weighted by atomic mass is 35.5. The van der Waals surface area contributed by atoms with Gasteiger partial charge in [0.2, 0.25) is 0 Å². The standard InChI is InChI=1S/C34H47ClN8O4/c1-3-4-5-8-16-38-18-19-39-32(44)26-13-11-24(12-14-26)15-17-40-34(46)47-22-25(20-27-10-7-6-9-23(27)2)21-41-33(45)28-30(36)43-31(37)29(35)42-28/h6-7,9-14,25,38H,3-5,8,15-22H2,1-2H3,(H,39,44)(H,40,46)(H,41,45)(H4,36,37,43). The average Bonchev–Trinajstić information content (AvgIpc) is 3.06. The van der Waals surface area contributed by atoms with Gasteiger partial charge in [0.15, 0.2) is 22.5 Å². The maximum absolute atomic E-state index is 12.8. The molecule has 2 aromatic carbocycles. The number of nitrogen functional groups attached to an aromatic ring is 2. The second-order valence-corrected chi connectivity index (χ2v) is 11.7. The van der Waals surface area contributed by atoms with Crippen LogP contribution in [0.3, 0.4) is 0 Å². The summed E-state index contributed by atoms with van der Waals surface area (Å²) in [5, 5.41) is 11.7. The summed E-state index contributed by atoms with van der Waals surface area (Å²) in [6.45, 7) is 7.05. The van der Waals surface area contributed by atoms with Crippen LogP contribution in [0.2, 0.25) is 5.15 Å². The van der Waals surface area contributed by atoms with E-state index in [1.54, 1.807) is 12.1 Å². The number of benzene rings is 2. The first kappa shape index (κ1) is 37.0. The van der Waals surface area contributed by atoms with E-state index in [2.05, 4.69) is 38.2 Å². The molecule has 3 amide bonds. The van der Waals surface area contributed by atoms with Gasteiger partial charge in [0.25, 0.3) is 11.8 Å². The van der Waals surface area contributed by atoms with Crippen molar-refractivity contribution in [1.29, 1.82) is 0 Å². The first-order chi connectivity index (χ1) is 22.7. The molecule has 254 valence electrons. The van der Waals surface area contributed by atoms with Crippen molar-refractivity contribution in [3.63, 3.8) is 0 Å². The first-order valence-corrected chi connectivity index (χ1v) is 16.4. The third-order valence-electron chi connectivity index (χ3n) is 7.58. The van der Waals surface area contributed by atoms with Gasteiger partial charge in [-0.1, -0.05) is 74.2 Å². The lowest BCUT2D eigenvalue weighted by Gasteiger charge is -2.19.